The molecule has 2 amide bonds. The fourth-order valence-electron chi connectivity index (χ4n) is 3.66. The number of carbonyl (C=O) groups is 2. The highest BCUT2D eigenvalue weighted by molar-refractivity contribution is 6.31. The topological polar surface area (TPSA) is 99.1 Å². The first-order valence-corrected chi connectivity index (χ1v) is 10.9. The van der Waals surface area contributed by atoms with Gasteiger partial charge in [-0.2, -0.15) is 0 Å². The van der Waals surface area contributed by atoms with Crippen LogP contribution < -0.4 is 10.1 Å². The Morgan fingerprint density at radius 3 is 2.56 bits per heavy atom. The maximum absolute atomic E-state index is 13.0. The minimum Gasteiger partial charge on any atom is -0.491 e. The van der Waals surface area contributed by atoms with Crippen molar-refractivity contribution in [1.29, 1.82) is 0 Å². The zero-order valence-corrected chi connectivity index (χ0v) is 18.5. The number of hydrogen-bond donors (Lipinski definition) is 3. The Morgan fingerprint density at radius 2 is 1.88 bits per heavy atom. The highest BCUT2D eigenvalue weighted by Gasteiger charge is 2.27. The van der Waals surface area contributed by atoms with Crippen LogP contribution in [0.3, 0.4) is 0 Å². The smallest absolute Gasteiger partial charge is 0.407 e. The molecule has 32 heavy (non-hydrogen) atoms. The summed E-state index contributed by atoms with van der Waals surface area (Å²) in [7, 11) is 0. The molecule has 2 aromatic rings. The summed E-state index contributed by atoms with van der Waals surface area (Å²) in [5, 5.41) is 21.9. The largest absolute Gasteiger partial charge is 0.491 e. The van der Waals surface area contributed by atoms with Crippen molar-refractivity contribution in [2.75, 3.05) is 32.8 Å². The molecule has 0 bridgehead atoms. The van der Waals surface area contributed by atoms with Crippen LogP contribution in [0.25, 0.3) is 5.57 Å². The average molecular weight is 459 g/mol. The maximum Gasteiger partial charge on any atom is 0.407 e. The fraction of sp³-hybridized carbons (Fsp3) is 0.333. The van der Waals surface area contributed by atoms with Gasteiger partial charge in [0.1, 0.15) is 12.4 Å². The lowest BCUT2D eigenvalue weighted by atomic mass is 9.93. The lowest BCUT2D eigenvalue weighted by Gasteiger charge is -2.28. The monoisotopic (exact) mass is 458 g/mol. The summed E-state index contributed by atoms with van der Waals surface area (Å²) in [6.07, 6.45) is 0.867. The number of aliphatic hydroxyl groups is 1. The molecule has 1 aliphatic heterocycles. The van der Waals surface area contributed by atoms with E-state index in [0.717, 1.165) is 29.5 Å². The number of hydrogen-bond acceptors (Lipinski definition) is 4. The molecular formula is C24H27ClN2O5. The predicted octanol–water partition coefficient (Wildman–Crippen LogP) is 3.60. The standard InChI is InChI=1S/C24H27ClN2O5/c25-22-6-2-1-4-18(22)5-3-12-26-23(29)21-16-27(24(30)31)13-11-20(21)17-7-9-19(10-8-17)32-15-14-28/h1-2,4,6-10,28H,3,5,11-16H2,(H,26,29)(H,30,31). The lowest BCUT2D eigenvalue weighted by Crippen LogP contribution is -2.40. The lowest BCUT2D eigenvalue weighted by molar-refractivity contribution is -0.117. The van der Waals surface area contributed by atoms with Gasteiger partial charge in [0.05, 0.1) is 13.2 Å². The van der Waals surface area contributed by atoms with Crippen molar-refractivity contribution in [1.82, 2.24) is 10.2 Å². The summed E-state index contributed by atoms with van der Waals surface area (Å²) in [6, 6.07) is 14.9. The third kappa shape index (κ3) is 6.24. The van der Waals surface area contributed by atoms with Crippen LogP contribution in [-0.4, -0.2) is 60.0 Å². The summed E-state index contributed by atoms with van der Waals surface area (Å²) in [5.74, 6) is 0.364. The Balaban J connectivity index is 1.70. The molecule has 0 atom stereocenters. The molecule has 7 nitrogen and oxygen atoms in total. The number of aryl methyl sites for hydroxylation is 1. The predicted molar refractivity (Wildman–Crippen MR) is 123 cm³/mol. The molecule has 0 aliphatic carbocycles. The number of carbonyl (C=O) groups excluding carboxylic acids is 1. The van der Waals surface area contributed by atoms with E-state index in [1.807, 2.05) is 36.4 Å². The van der Waals surface area contributed by atoms with Gasteiger partial charge in [0, 0.05) is 23.7 Å². The van der Waals surface area contributed by atoms with Crippen LogP contribution in [0.2, 0.25) is 5.02 Å². The van der Waals surface area contributed by atoms with Crippen molar-refractivity contribution in [3.05, 3.63) is 70.3 Å². The number of rotatable bonds is 9. The number of nitrogens with zero attached hydrogens (tertiary/aromatic N) is 1. The minimum atomic E-state index is -1.04. The van der Waals surface area contributed by atoms with Crippen molar-refractivity contribution >= 4 is 29.2 Å². The van der Waals surface area contributed by atoms with Gasteiger partial charge in [-0.05, 0) is 54.2 Å². The first-order valence-electron chi connectivity index (χ1n) is 10.5. The molecule has 3 N–H and O–H groups in total. The normalized spacial score (nSPS) is 13.8. The number of ether oxygens (including phenoxy) is 1. The number of benzene rings is 2. The summed E-state index contributed by atoms with van der Waals surface area (Å²) >= 11 is 6.18. The van der Waals surface area contributed by atoms with E-state index in [9.17, 15) is 14.7 Å². The third-order valence-electron chi connectivity index (χ3n) is 5.32. The van der Waals surface area contributed by atoms with Crippen molar-refractivity contribution in [3.63, 3.8) is 0 Å². The van der Waals surface area contributed by atoms with Crippen LogP contribution in [0, 0.1) is 0 Å². The fourth-order valence-corrected chi connectivity index (χ4v) is 3.89. The van der Waals surface area contributed by atoms with Crippen LogP contribution in [0.15, 0.2) is 54.1 Å². The number of amides is 2. The third-order valence-corrected chi connectivity index (χ3v) is 5.69. The maximum atomic E-state index is 13.0. The Kier molecular flexibility index (Phi) is 8.53. The second-order valence-electron chi connectivity index (χ2n) is 7.46. The zero-order chi connectivity index (χ0) is 22.9. The van der Waals surface area contributed by atoms with E-state index in [2.05, 4.69) is 5.32 Å². The molecule has 0 saturated heterocycles. The molecule has 2 aromatic carbocycles. The molecule has 0 radical (unpaired) electrons. The summed E-state index contributed by atoms with van der Waals surface area (Å²) in [5.41, 5.74) is 3.18. The highest BCUT2D eigenvalue weighted by Crippen LogP contribution is 2.29. The van der Waals surface area contributed by atoms with Crippen molar-refractivity contribution in [2.24, 2.45) is 0 Å². The first kappa shape index (κ1) is 23.6. The number of carboxylic acid groups (broad SMARTS) is 1. The van der Waals surface area contributed by atoms with Crippen molar-refractivity contribution in [3.8, 4) is 5.75 Å². The molecule has 8 heteroatoms. The molecule has 0 saturated carbocycles. The van der Waals surface area contributed by atoms with Crippen LogP contribution in [0.1, 0.15) is 24.0 Å². The quantitative estimate of drug-likeness (QED) is 0.499. The molecule has 3 rings (SSSR count). The van der Waals surface area contributed by atoms with Crippen LogP contribution in [0.4, 0.5) is 4.79 Å². The van der Waals surface area contributed by atoms with E-state index in [1.54, 1.807) is 12.1 Å². The van der Waals surface area contributed by atoms with Crippen LogP contribution >= 0.6 is 11.6 Å². The van der Waals surface area contributed by atoms with Gasteiger partial charge in [-0.3, -0.25) is 4.79 Å². The summed E-state index contributed by atoms with van der Waals surface area (Å²) in [4.78, 5) is 25.7. The minimum absolute atomic E-state index is 0.0454. The van der Waals surface area contributed by atoms with Gasteiger partial charge < -0.3 is 25.2 Å². The Hall–Kier alpha value is -3.03. The van der Waals surface area contributed by atoms with Gasteiger partial charge in [0.2, 0.25) is 5.91 Å². The van der Waals surface area contributed by atoms with Crippen LogP contribution in [0.5, 0.6) is 5.75 Å². The zero-order valence-electron chi connectivity index (χ0n) is 17.7. The SMILES string of the molecule is O=C(NCCCc1ccccc1Cl)C1=C(c2ccc(OCCO)cc2)CCN(C(=O)O)C1. The molecule has 0 unspecified atom stereocenters. The van der Waals surface area contributed by atoms with E-state index in [1.165, 1.54) is 4.90 Å². The molecule has 1 heterocycles. The Labute approximate surface area is 192 Å². The number of halogens is 1. The van der Waals surface area contributed by atoms with Gasteiger partial charge in [-0.25, -0.2) is 4.79 Å². The van der Waals surface area contributed by atoms with E-state index in [-0.39, 0.29) is 25.7 Å². The first-order chi connectivity index (χ1) is 15.5. The number of aliphatic hydroxyl groups excluding tert-OH is 1. The molecule has 0 fully saturated rings. The molecule has 0 aromatic heterocycles. The second kappa shape index (κ2) is 11.5. The van der Waals surface area contributed by atoms with Gasteiger partial charge in [-0.1, -0.05) is 41.9 Å². The highest BCUT2D eigenvalue weighted by atomic mass is 35.5. The molecule has 0 spiro atoms. The Bertz CT molecular complexity index is 975. The van der Waals surface area contributed by atoms with Gasteiger partial charge in [0.15, 0.2) is 0 Å². The average Bonchev–Trinajstić information content (AvgIpc) is 2.81. The van der Waals surface area contributed by atoms with E-state index in [0.29, 0.717) is 35.9 Å². The molecular weight excluding hydrogens is 432 g/mol. The van der Waals surface area contributed by atoms with E-state index in [4.69, 9.17) is 21.4 Å². The van der Waals surface area contributed by atoms with E-state index >= 15 is 0 Å². The summed E-state index contributed by atoms with van der Waals surface area (Å²) < 4.78 is 5.39. The summed E-state index contributed by atoms with van der Waals surface area (Å²) in [6.45, 7) is 0.971. The van der Waals surface area contributed by atoms with E-state index < -0.39 is 6.09 Å². The van der Waals surface area contributed by atoms with Gasteiger partial charge in [0.25, 0.3) is 0 Å². The number of nitrogens with one attached hydrogen (secondary N) is 1. The molecule has 1 aliphatic rings. The van der Waals surface area contributed by atoms with Gasteiger partial charge in [-0.15, -0.1) is 0 Å². The Morgan fingerprint density at radius 1 is 1.12 bits per heavy atom. The second-order valence-corrected chi connectivity index (χ2v) is 7.87. The molecule has 170 valence electrons. The van der Waals surface area contributed by atoms with Crippen molar-refractivity contribution < 1.29 is 24.5 Å². The van der Waals surface area contributed by atoms with Crippen molar-refractivity contribution in [2.45, 2.75) is 19.3 Å². The van der Waals surface area contributed by atoms with Gasteiger partial charge >= 0.3 is 6.09 Å². The van der Waals surface area contributed by atoms with Crippen LogP contribution in [-0.2, 0) is 11.2 Å².